The highest BCUT2D eigenvalue weighted by atomic mass is 16.1. The SMILES string of the molecule is CCNCC(=O)CNCC. The van der Waals surface area contributed by atoms with E-state index in [0.717, 1.165) is 13.1 Å². The van der Waals surface area contributed by atoms with Crippen molar-refractivity contribution in [3.8, 4) is 0 Å². The maximum atomic E-state index is 10.8. The molecule has 3 nitrogen and oxygen atoms in total. The Bertz CT molecular complexity index is 83.6. The van der Waals surface area contributed by atoms with E-state index in [2.05, 4.69) is 10.6 Å². The standard InChI is InChI=1S/C7H16N2O/c1-3-8-5-7(10)6-9-4-2/h8-9H,3-6H2,1-2H3. The van der Waals surface area contributed by atoms with Crippen molar-refractivity contribution >= 4 is 5.78 Å². The zero-order valence-electron chi connectivity index (χ0n) is 6.74. The molecule has 0 bridgehead atoms. The van der Waals surface area contributed by atoms with Crippen molar-refractivity contribution in [2.75, 3.05) is 26.2 Å². The lowest BCUT2D eigenvalue weighted by atomic mass is 10.4. The molecule has 2 N–H and O–H groups in total. The van der Waals surface area contributed by atoms with Crippen LogP contribution < -0.4 is 10.6 Å². The molecule has 0 aromatic heterocycles. The topological polar surface area (TPSA) is 41.1 Å². The molecular weight excluding hydrogens is 128 g/mol. The Morgan fingerprint density at radius 3 is 1.80 bits per heavy atom. The Hall–Kier alpha value is -0.410. The lowest BCUT2D eigenvalue weighted by molar-refractivity contribution is -0.117. The van der Waals surface area contributed by atoms with Gasteiger partial charge >= 0.3 is 0 Å². The molecule has 0 fully saturated rings. The Balaban J connectivity index is 3.09. The predicted molar refractivity (Wildman–Crippen MR) is 42.1 cm³/mol. The summed E-state index contributed by atoms with van der Waals surface area (Å²) in [6.45, 7) is 6.67. The van der Waals surface area contributed by atoms with Gasteiger partial charge in [0.1, 0.15) is 0 Å². The van der Waals surface area contributed by atoms with E-state index in [-0.39, 0.29) is 5.78 Å². The molecule has 0 atom stereocenters. The molecule has 0 amide bonds. The molecule has 0 unspecified atom stereocenters. The minimum Gasteiger partial charge on any atom is -0.310 e. The molecule has 3 heteroatoms. The number of hydrogen-bond acceptors (Lipinski definition) is 3. The third kappa shape index (κ3) is 5.72. The van der Waals surface area contributed by atoms with Crippen molar-refractivity contribution in [2.45, 2.75) is 13.8 Å². The summed E-state index contributed by atoms with van der Waals surface area (Å²) in [6, 6.07) is 0. The lowest BCUT2D eigenvalue weighted by Gasteiger charge is -2.00. The number of carbonyl (C=O) groups is 1. The van der Waals surface area contributed by atoms with Crippen LogP contribution in [0.25, 0.3) is 0 Å². The van der Waals surface area contributed by atoms with Crippen molar-refractivity contribution < 1.29 is 4.79 Å². The van der Waals surface area contributed by atoms with Crippen molar-refractivity contribution in [2.24, 2.45) is 0 Å². The van der Waals surface area contributed by atoms with E-state index in [4.69, 9.17) is 0 Å². The van der Waals surface area contributed by atoms with Crippen LogP contribution in [0.5, 0.6) is 0 Å². The molecule has 0 aromatic rings. The second-order valence-corrected chi connectivity index (χ2v) is 2.10. The molecular formula is C7H16N2O. The molecule has 0 heterocycles. The summed E-state index contributed by atoms with van der Waals surface area (Å²) in [6.07, 6.45) is 0. The molecule has 0 aliphatic rings. The van der Waals surface area contributed by atoms with Crippen molar-refractivity contribution in [1.29, 1.82) is 0 Å². The first kappa shape index (κ1) is 9.59. The summed E-state index contributed by atoms with van der Waals surface area (Å²) in [5.74, 6) is 0.226. The molecule has 10 heavy (non-hydrogen) atoms. The van der Waals surface area contributed by atoms with Crippen LogP contribution in [0.15, 0.2) is 0 Å². The first-order valence-corrected chi connectivity index (χ1v) is 3.74. The minimum atomic E-state index is 0.226. The van der Waals surface area contributed by atoms with Crippen LogP contribution in [-0.4, -0.2) is 32.0 Å². The van der Waals surface area contributed by atoms with E-state index in [9.17, 15) is 4.79 Å². The average molecular weight is 144 g/mol. The lowest BCUT2D eigenvalue weighted by Crippen LogP contribution is -2.31. The molecule has 0 rings (SSSR count). The van der Waals surface area contributed by atoms with Crippen LogP contribution in [0.2, 0.25) is 0 Å². The maximum Gasteiger partial charge on any atom is 0.160 e. The minimum absolute atomic E-state index is 0.226. The largest absolute Gasteiger partial charge is 0.310 e. The summed E-state index contributed by atoms with van der Waals surface area (Å²) in [5, 5.41) is 5.93. The van der Waals surface area contributed by atoms with Gasteiger partial charge in [-0.05, 0) is 13.1 Å². The molecule has 0 spiro atoms. The van der Waals surface area contributed by atoms with E-state index in [1.165, 1.54) is 0 Å². The molecule has 0 aliphatic carbocycles. The highest BCUT2D eigenvalue weighted by Gasteiger charge is 1.96. The summed E-state index contributed by atoms with van der Waals surface area (Å²) in [7, 11) is 0. The number of hydrogen-bond donors (Lipinski definition) is 2. The van der Waals surface area contributed by atoms with Crippen LogP contribution in [0.1, 0.15) is 13.8 Å². The monoisotopic (exact) mass is 144 g/mol. The number of nitrogens with one attached hydrogen (secondary N) is 2. The van der Waals surface area contributed by atoms with Crippen molar-refractivity contribution in [3.63, 3.8) is 0 Å². The molecule has 0 aromatic carbocycles. The van der Waals surface area contributed by atoms with Gasteiger partial charge in [-0.25, -0.2) is 0 Å². The fourth-order valence-corrected chi connectivity index (χ4v) is 0.591. The van der Waals surface area contributed by atoms with Gasteiger partial charge < -0.3 is 10.6 Å². The van der Waals surface area contributed by atoms with Gasteiger partial charge in [0.25, 0.3) is 0 Å². The van der Waals surface area contributed by atoms with E-state index in [1.807, 2.05) is 13.8 Å². The van der Waals surface area contributed by atoms with Gasteiger partial charge in [0.2, 0.25) is 0 Å². The Kier molecular flexibility index (Phi) is 6.43. The van der Waals surface area contributed by atoms with Gasteiger partial charge in [0.15, 0.2) is 5.78 Å². The average Bonchev–Trinajstić information content (AvgIpc) is 1.97. The Morgan fingerprint density at radius 1 is 1.10 bits per heavy atom. The van der Waals surface area contributed by atoms with Gasteiger partial charge in [-0.1, -0.05) is 13.8 Å². The third-order valence-electron chi connectivity index (χ3n) is 1.14. The van der Waals surface area contributed by atoms with Gasteiger partial charge in [-0.3, -0.25) is 4.79 Å². The second kappa shape index (κ2) is 6.71. The zero-order chi connectivity index (χ0) is 7.82. The molecule has 0 saturated heterocycles. The van der Waals surface area contributed by atoms with Crippen LogP contribution >= 0.6 is 0 Å². The highest BCUT2D eigenvalue weighted by molar-refractivity contribution is 5.82. The van der Waals surface area contributed by atoms with E-state index in [0.29, 0.717) is 13.1 Å². The third-order valence-corrected chi connectivity index (χ3v) is 1.14. The summed E-state index contributed by atoms with van der Waals surface area (Å²) in [4.78, 5) is 10.8. The number of Topliss-reactive ketones (excluding diaryl/α,β-unsaturated/α-hetero) is 1. The van der Waals surface area contributed by atoms with Crippen LogP contribution in [0.3, 0.4) is 0 Å². The quantitative estimate of drug-likeness (QED) is 0.541. The van der Waals surface area contributed by atoms with Crippen molar-refractivity contribution in [3.05, 3.63) is 0 Å². The first-order chi connectivity index (χ1) is 4.81. The highest BCUT2D eigenvalue weighted by Crippen LogP contribution is 1.66. The van der Waals surface area contributed by atoms with Crippen LogP contribution in [0.4, 0.5) is 0 Å². The summed E-state index contributed by atoms with van der Waals surface area (Å²) in [5.41, 5.74) is 0. The van der Waals surface area contributed by atoms with Gasteiger partial charge in [-0.15, -0.1) is 0 Å². The molecule has 60 valence electrons. The normalized spacial score (nSPS) is 9.80. The number of rotatable bonds is 6. The second-order valence-electron chi connectivity index (χ2n) is 2.10. The number of likely N-dealkylation sites (N-methyl/N-ethyl adjacent to an activating group) is 2. The summed E-state index contributed by atoms with van der Waals surface area (Å²) < 4.78 is 0. The first-order valence-electron chi connectivity index (χ1n) is 3.74. The number of carbonyl (C=O) groups excluding carboxylic acids is 1. The van der Waals surface area contributed by atoms with Gasteiger partial charge in [0, 0.05) is 0 Å². The molecule has 0 radical (unpaired) electrons. The van der Waals surface area contributed by atoms with E-state index < -0.39 is 0 Å². The fourth-order valence-electron chi connectivity index (χ4n) is 0.591. The van der Waals surface area contributed by atoms with E-state index in [1.54, 1.807) is 0 Å². The molecule has 0 saturated carbocycles. The Morgan fingerprint density at radius 2 is 1.50 bits per heavy atom. The zero-order valence-corrected chi connectivity index (χ0v) is 6.74. The van der Waals surface area contributed by atoms with Crippen LogP contribution in [0, 0.1) is 0 Å². The van der Waals surface area contributed by atoms with Crippen molar-refractivity contribution in [1.82, 2.24) is 10.6 Å². The maximum absolute atomic E-state index is 10.8. The Labute approximate surface area is 62.2 Å². The smallest absolute Gasteiger partial charge is 0.160 e. The van der Waals surface area contributed by atoms with Crippen LogP contribution in [-0.2, 0) is 4.79 Å². The summed E-state index contributed by atoms with van der Waals surface area (Å²) >= 11 is 0. The van der Waals surface area contributed by atoms with Gasteiger partial charge in [0.05, 0.1) is 13.1 Å². The van der Waals surface area contributed by atoms with E-state index >= 15 is 0 Å². The number of ketones is 1. The fraction of sp³-hybridized carbons (Fsp3) is 0.857. The van der Waals surface area contributed by atoms with Gasteiger partial charge in [-0.2, -0.15) is 0 Å². The molecule has 0 aliphatic heterocycles. The predicted octanol–water partition coefficient (Wildman–Crippen LogP) is -0.226.